The molecule has 0 spiro atoms. The average Bonchev–Trinajstić information content (AvgIpc) is 3.37. The first kappa shape index (κ1) is 18.8. The van der Waals surface area contributed by atoms with E-state index in [0.29, 0.717) is 30.2 Å². The Morgan fingerprint density at radius 3 is 2.67 bits per heavy atom. The highest BCUT2D eigenvalue weighted by molar-refractivity contribution is 7.08. The molecule has 0 bridgehead atoms. The molecule has 0 fully saturated rings. The lowest BCUT2D eigenvalue weighted by atomic mass is 10.1. The molecule has 3 rings (SSSR count). The molecule has 7 nitrogen and oxygen atoms in total. The third-order valence-electron chi connectivity index (χ3n) is 4.02. The van der Waals surface area contributed by atoms with E-state index in [1.807, 2.05) is 16.8 Å². The van der Waals surface area contributed by atoms with Gasteiger partial charge in [-0.1, -0.05) is 17.3 Å². The fourth-order valence-corrected chi connectivity index (χ4v) is 3.13. The Kier molecular flexibility index (Phi) is 5.97. The number of esters is 1. The number of carbonyl (C=O) groups excluding carboxylic acids is 2. The van der Waals surface area contributed by atoms with Crippen LogP contribution in [0.15, 0.2) is 45.6 Å². The third kappa shape index (κ3) is 4.79. The number of carbonyl (C=O) groups is 2. The average molecular weight is 385 g/mol. The highest BCUT2D eigenvalue weighted by atomic mass is 32.1. The molecule has 2 heterocycles. The maximum Gasteiger partial charge on any atom is 0.337 e. The van der Waals surface area contributed by atoms with Gasteiger partial charge in [0, 0.05) is 37.4 Å². The van der Waals surface area contributed by atoms with Gasteiger partial charge in [-0.25, -0.2) is 4.79 Å². The Balaban J connectivity index is 1.51. The predicted molar refractivity (Wildman–Crippen MR) is 100 cm³/mol. The van der Waals surface area contributed by atoms with Gasteiger partial charge in [-0.15, -0.1) is 0 Å². The monoisotopic (exact) mass is 385 g/mol. The molecule has 0 saturated carbocycles. The quantitative estimate of drug-likeness (QED) is 0.581. The number of aromatic nitrogens is 2. The van der Waals surface area contributed by atoms with Crippen molar-refractivity contribution >= 4 is 23.2 Å². The summed E-state index contributed by atoms with van der Waals surface area (Å²) < 4.78 is 9.88. The predicted octanol–water partition coefficient (Wildman–Crippen LogP) is 3.18. The summed E-state index contributed by atoms with van der Waals surface area (Å²) in [6, 6.07) is 8.90. The van der Waals surface area contributed by atoms with Crippen LogP contribution in [0.5, 0.6) is 0 Å². The van der Waals surface area contributed by atoms with E-state index in [9.17, 15) is 9.59 Å². The Labute approximate surface area is 160 Å². The van der Waals surface area contributed by atoms with Crippen molar-refractivity contribution in [2.75, 3.05) is 14.2 Å². The van der Waals surface area contributed by atoms with Crippen molar-refractivity contribution in [2.24, 2.45) is 0 Å². The number of rotatable bonds is 7. The van der Waals surface area contributed by atoms with Gasteiger partial charge in [-0.3, -0.25) is 4.79 Å². The second-order valence-corrected chi connectivity index (χ2v) is 6.74. The number of methoxy groups -OCH3 is 1. The number of benzene rings is 1. The van der Waals surface area contributed by atoms with Crippen molar-refractivity contribution in [1.29, 1.82) is 0 Å². The lowest BCUT2D eigenvalue weighted by Crippen LogP contribution is -2.26. The summed E-state index contributed by atoms with van der Waals surface area (Å²) in [5, 5.41) is 7.83. The van der Waals surface area contributed by atoms with Crippen LogP contribution in [0.25, 0.3) is 11.4 Å². The molecule has 0 saturated heterocycles. The summed E-state index contributed by atoms with van der Waals surface area (Å²) in [6.45, 7) is 0.449. The first-order chi connectivity index (χ1) is 13.1. The fraction of sp³-hybridized carbons (Fsp3) is 0.263. The van der Waals surface area contributed by atoms with Gasteiger partial charge in [-0.2, -0.15) is 16.3 Å². The number of thiophene rings is 1. The maximum atomic E-state index is 12.3. The van der Waals surface area contributed by atoms with Gasteiger partial charge in [-0.05, 0) is 29.1 Å². The van der Waals surface area contributed by atoms with Crippen LogP contribution in [0.4, 0.5) is 0 Å². The number of aryl methyl sites for hydroxylation is 1. The molecule has 0 aliphatic carbocycles. The van der Waals surface area contributed by atoms with Gasteiger partial charge in [0.05, 0.1) is 12.7 Å². The molecule has 1 amide bonds. The van der Waals surface area contributed by atoms with E-state index >= 15 is 0 Å². The molecule has 27 heavy (non-hydrogen) atoms. The number of amides is 1. The summed E-state index contributed by atoms with van der Waals surface area (Å²) in [4.78, 5) is 29.7. The van der Waals surface area contributed by atoms with E-state index in [2.05, 4.69) is 14.9 Å². The topological polar surface area (TPSA) is 85.5 Å². The number of nitrogens with zero attached hydrogens (tertiary/aromatic N) is 3. The van der Waals surface area contributed by atoms with Crippen LogP contribution in [-0.2, 0) is 22.5 Å². The minimum absolute atomic E-state index is 0.0256. The molecule has 2 aromatic heterocycles. The second kappa shape index (κ2) is 8.59. The van der Waals surface area contributed by atoms with Crippen molar-refractivity contribution in [3.8, 4) is 11.4 Å². The first-order valence-corrected chi connectivity index (χ1v) is 9.27. The Morgan fingerprint density at radius 1 is 1.22 bits per heavy atom. The van der Waals surface area contributed by atoms with Crippen LogP contribution in [0.1, 0.15) is 28.2 Å². The van der Waals surface area contributed by atoms with Crippen LogP contribution in [0, 0.1) is 0 Å². The molecule has 0 radical (unpaired) electrons. The Bertz CT molecular complexity index is 903. The van der Waals surface area contributed by atoms with Crippen molar-refractivity contribution < 1.29 is 18.8 Å². The molecular formula is C19H19N3O4S. The smallest absolute Gasteiger partial charge is 0.337 e. The second-order valence-electron chi connectivity index (χ2n) is 5.96. The molecule has 0 aliphatic heterocycles. The van der Waals surface area contributed by atoms with Crippen molar-refractivity contribution in [2.45, 2.75) is 19.4 Å². The Morgan fingerprint density at radius 2 is 2.00 bits per heavy atom. The zero-order chi connectivity index (χ0) is 19.2. The number of hydrogen-bond donors (Lipinski definition) is 0. The van der Waals surface area contributed by atoms with Crippen LogP contribution >= 0.6 is 11.3 Å². The molecule has 0 aliphatic rings. The third-order valence-corrected chi connectivity index (χ3v) is 4.70. The molecule has 0 unspecified atom stereocenters. The number of ether oxygens (including phenoxy) is 1. The fourth-order valence-electron chi connectivity index (χ4n) is 2.50. The minimum atomic E-state index is -0.382. The van der Waals surface area contributed by atoms with E-state index in [-0.39, 0.29) is 18.3 Å². The van der Waals surface area contributed by atoms with E-state index in [1.54, 1.807) is 47.5 Å². The maximum absolute atomic E-state index is 12.3. The van der Waals surface area contributed by atoms with Gasteiger partial charge < -0.3 is 14.2 Å². The van der Waals surface area contributed by atoms with E-state index in [1.165, 1.54) is 7.11 Å². The van der Waals surface area contributed by atoms with E-state index < -0.39 is 0 Å². The molecular weight excluding hydrogens is 366 g/mol. The van der Waals surface area contributed by atoms with Gasteiger partial charge in [0.25, 0.3) is 0 Å². The molecule has 0 N–H and O–H groups in total. The SMILES string of the molecule is COC(=O)c1ccc(CN(C)C(=O)CCc2nc(-c3ccsc3)no2)cc1. The van der Waals surface area contributed by atoms with Gasteiger partial charge in [0.1, 0.15) is 0 Å². The number of hydrogen-bond acceptors (Lipinski definition) is 7. The molecule has 8 heteroatoms. The van der Waals surface area contributed by atoms with Gasteiger partial charge >= 0.3 is 5.97 Å². The van der Waals surface area contributed by atoms with E-state index in [4.69, 9.17) is 4.52 Å². The van der Waals surface area contributed by atoms with Crippen LogP contribution in [0.3, 0.4) is 0 Å². The summed E-state index contributed by atoms with van der Waals surface area (Å²) >= 11 is 1.56. The molecule has 0 atom stereocenters. The minimum Gasteiger partial charge on any atom is -0.465 e. The normalized spacial score (nSPS) is 10.6. The molecule has 140 valence electrons. The van der Waals surface area contributed by atoms with Crippen molar-refractivity contribution in [3.63, 3.8) is 0 Å². The zero-order valence-electron chi connectivity index (χ0n) is 15.0. The van der Waals surface area contributed by atoms with E-state index in [0.717, 1.165) is 11.1 Å². The lowest BCUT2D eigenvalue weighted by Gasteiger charge is -2.17. The van der Waals surface area contributed by atoms with Crippen LogP contribution in [0.2, 0.25) is 0 Å². The zero-order valence-corrected chi connectivity index (χ0v) is 15.9. The standard InChI is InChI=1S/C19H19N3O4S/c1-22(11-13-3-5-14(6-4-13)19(24)25-2)17(23)8-7-16-20-18(21-26-16)15-9-10-27-12-15/h3-6,9-10,12H,7-8,11H2,1-2H3. The largest absolute Gasteiger partial charge is 0.465 e. The summed E-state index contributed by atoms with van der Waals surface area (Å²) in [7, 11) is 3.08. The summed E-state index contributed by atoms with van der Waals surface area (Å²) in [5.74, 6) is 0.577. The highest BCUT2D eigenvalue weighted by Crippen LogP contribution is 2.19. The van der Waals surface area contributed by atoms with Gasteiger partial charge in [0.15, 0.2) is 0 Å². The highest BCUT2D eigenvalue weighted by Gasteiger charge is 2.14. The first-order valence-electron chi connectivity index (χ1n) is 8.33. The molecule has 3 aromatic rings. The summed E-state index contributed by atoms with van der Waals surface area (Å²) in [5.41, 5.74) is 2.32. The van der Waals surface area contributed by atoms with Gasteiger partial charge in [0.2, 0.25) is 17.6 Å². The van der Waals surface area contributed by atoms with Crippen molar-refractivity contribution in [3.05, 3.63) is 58.1 Å². The Hall–Kier alpha value is -3.00. The van der Waals surface area contributed by atoms with Crippen LogP contribution < -0.4 is 0 Å². The lowest BCUT2D eigenvalue weighted by molar-refractivity contribution is -0.130. The van der Waals surface area contributed by atoms with Crippen molar-refractivity contribution in [1.82, 2.24) is 15.0 Å². The molecule has 1 aromatic carbocycles. The summed E-state index contributed by atoms with van der Waals surface area (Å²) in [6.07, 6.45) is 0.670. The van der Waals surface area contributed by atoms with Crippen LogP contribution in [-0.4, -0.2) is 41.1 Å².